The van der Waals surface area contributed by atoms with Crippen molar-refractivity contribution in [2.45, 2.75) is 31.8 Å². The number of hydrogen-bond donors (Lipinski definition) is 1. The summed E-state index contributed by atoms with van der Waals surface area (Å²) in [4.78, 5) is 4.40. The zero-order valence-corrected chi connectivity index (χ0v) is 10.4. The van der Waals surface area contributed by atoms with Crippen LogP contribution in [0.15, 0.2) is 29.3 Å². The second-order valence-electron chi connectivity index (χ2n) is 4.84. The van der Waals surface area contributed by atoms with Gasteiger partial charge in [-0.25, -0.2) is 0 Å². The number of aliphatic imine (C=N–C) groups is 1. The van der Waals surface area contributed by atoms with Gasteiger partial charge in [0.05, 0.1) is 17.7 Å². The number of hydrogen-bond acceptors (Lipinski definition) is 3. The Kier molecular flexibility index (Phi) is 4.49. The molecule has 0 saturated heterocycles. The van der Waals surface area contributed by atoms with Gasteiger partial charge in [-0.2, -0.15) is 5.26 Å². The lowest BCUT2D eigenvalue weighted by Gasteiger charge is -2.25. The Bertz CT molecular complexity index is 462. The van der Waals surface area contributed by atoms with Crippen LogP contribution in [0.25, 0.3) is 0 Å². The van der Waals surface area contributed by atoms with Crippen molar-refractivity contribution in [2.24, 2.45) is 10.9 Å². The van der Waals surface area contributed by atoms with Gasteiger partial charge in [-0.1, -0.05) is 25.0 Å². The van der Waals surface area contributed by atoms with Gasteiger partial charge >= 0.3 is 0 Å². The molecule has 1 aromatic carbocycles. The molecular formula is C15H18N2O. The van der Waals surface area contributed by atoms with Gasteiger partial charge in [0.1, 0.15) is 0 Å². The van der Waals surface area contributed by atoms with Crippen LogP contribution in [0.4, 0.5) is 0 Å². The van der Waals surface area contributed by atoms with E-state index in [1.807, 2.05) is 18.2 Å². The summed E-state index contributed by atoms with van der Waals surface area (Å²) >= 11 is 0. The molecule has 0 heterocycles. The Morgan fingerprint density at radius 2 is 2.22 bits per heavy atom. The Morgan fingerprint density at radius 3 is 3.00 bits per heavy atom. The van der Waals surface area contributed by atoms with E-state index in [1.54, 1.807) is 12.3 Å². The Morgan fingerprint density at radius 1 is 1.39 bits per heavy atom. The highest BCUT2D eigenvalue weighted by atomic mass is 16.3. The summed E-state index contributed by atoms with van der Waals surface area (Å²) in [7, 11) is 0. The number of nitrogens with zero attached hydrogens (tertiary/aromatic N) is 2. The van der Waals surface area contributed by atoms with Gasteiger partial charge in [0.25, 0.3) is 0 Å². The Hall–Kier alpha value is -1.66. The van der Waals surface area contributed by atoms with Crippen LogP contribution in [-0.2, 0) is 0 Å². The molecule has 1 aliphatic carbocycles. The molecule has 0 aliphatic heterocycles. The third-order valence-corrected chi connectivity index (χ3v) is 3.46. The van der Waals surface area contributed by atoms with Crippen LogP contribution in [0.5, 0.6) is 0 Å². The van der Waals surface area contributed by atoms with E-state index >= 15 is 0 Å². The third kappa shape index (κ3) is 3.41. The first-order valence-corrected chi connectivity index (χ1v) is 6.47. The van der Waals surface area contributed by atoms with E-state index in [9.17, 15) is 5.11 Å². The van der Waals surface area contributed by atoms with Gasteiger partial charge in [-0.15, -0.1) is 0 Å². The van der Waals surface area contributed by atoms with Gasteiger partial charge in [-0.05, 0) is 30.5 Å². The van der Waals surface area contributed by atoms with E-state index in [4.69, 9.17) is 5.26 Å². The first-order valence-electron chi connectivity index (χ1n) is 6.47. The van der Waals surface area contributed by atoms with Gasteiger partial charge < -0.3 is 5.11 Å². The van der Waals surface area contributed by atoms with Crippen molar-refractivity contribution in [2.75, 3.05) is 6.54 Å². The SMILES string of the molecule is N#Cc1cccc(C=NC[C@H]2CCCC[C@@H]2O)c1. The standard InChI is InChI=1S/C15H18N2O/c16-9-12-4-3-5-13(8-12)10-17-11-14-6-1-2-7-15(14)18/h3-5,8,10,14-15,18H,1-2,6-7,11H2/t14-,15+/m1/s1. The van der Waals surface area contributed by atoms with Gasteiger partial charge in [-0.3, -0.25) is 4.99 Å². The molecule has 0 spiro atoms. The number of nitriles is 1. The summed E-state index contributed by atoms with van der Waals surface area (Å²) in [6.45, 7) is 0.679. The maximum absolute atomic E-state index is 9.83. The largest absolute Gasteiger partial charge is 0.393 e. The van der Waals surface area contributed by atoms with Crippen molar-refractivity contribution in [3.8, 4) is 6.07 Å². The zero-order chi connectivity index (χ0) is 12.8. The summed E-state index contributed by atoms with van der Waals surface area (Å²) in [6.07, 6.45) is 5.90. The maximum atomic E-state index is 9.83. The van der Waals surface area contributed by atoms with E-state index in [-0.39, 0.29) is 6.10 Å². The second-order valence-corrected chi connectivity index (χ2v) is 4.84. The van der Waals surface area contributed by atoms with Crippen molar-refractivity contribution < 1.29 is 5.11 Å². The molecular weight excluding hydrogens is 224 g/mol. The smallest absolute Gasteiger partial charge is 0.0991 e. The molecule has 1 aliphatic rings. The number of aliphatic hydroxyl groups is 1. The molecule has 1 aromatic rings. The lowest BCUT2D eigenvalue weighted by Crippen LogP contribution is -2.26. The molecule has 1 fully saturated rings. The molecule has 0 radical (unpaired) electrons. The number of benzene rings is 1. The van der Waals surface area contributed by atoms with Crippen LogP contribution < -0.4 is 0 Å². The van der Waals surface area contributed by atoms with E-state index in [1.165, 1.54) is 6.42 Å². The predicted octanol–water partition coefficient (Wildman–Crippen LogP) is 2.53. The average molecular weight is 242 g/mol. The van der Waals surface area contributed by atoms with Crippen molar-refractivity contribution in [1.29, 1.82) is 5.26 Å². The molecule has 94 valence electrons. The minimum atomic E-state index is -0.193. The van der Waals surface area contributed by atoms with Gasteiger partial charge in [0.2, 0.25) is 0 Å². The van der Waals surface area contributed by atoms with Crippen LogP contribution in [0.3, 0.4) is 0 Å². The quantitative estimate of drug-likeness (QED) is 0.828. The fraction of sp³-hybridized carbons (Fsp3) is 0.467. The Labute approximate surface area is 108 Å². The van der Waals surface area contributed by atoms with Crippen LogP contribution in [0.1, 0.15) is 36.8 Å². The highest BCUT2D eigenvalue weighted by Crippen LogP contribution is 2.24. The topological polar surface area (TPSA) is 56.4 Å². The molecule has 18 heavy (non-hydrogen) atoms. The molecule has 1 saturated carbocycles. The summed E-state index contributed by atoms with van der Waals surface area (Å²) < 4.78 is 0. The molecule has 2 rings (SSSR count). The van der Waals surface area contributed by atoms with E-state index in [2.05, 4.69) is 11.1 Å². The molecule has 0 amide bonds. The lowest BCUT2D eigenvalue weighted by molar-refractivity contribution is 0.0746. The highest BCUT2D eigenvalue weighted by molar-refractivity contribution is 5.80. The monoisotopic (exact) mass is 242 g/mol. The van der Waals surface area contributed by atoms with Crippen molar-refractivity contribution >= 4 is 6.21 Å². The Balaban J connectivity index is 1.92. The number of aliphatic hydroxyl groups excluding tert-OH is 1. The minimum Gasteiger partial charge on any atom is -0.393 e. The molecule has 3 heteroatoms. The molecule has 0 bridgehead atoms. The molecule has 1 N–H and O–H groups in total. The molecule has 3 nitrogen and oxygen atoms in total. The lowest BCUT2D eigenvalue weighted by atomic mass is 9.87. The molecule has 0 unspecified atom stereocenters. The summed E-state index contributed by atoms with van der Waals surface area (Å²) in [5, 5.41) is 18.6. The van der Waals surface area contributed by atoms with E-state index in [0.29, 0.717) is 18.0 Å². The summed E-state index contributed by atoms with van der Waals surface area (Å²) in [5.74, 6) is 0.300. The first-order chi connectivity index (χ1) is 8.79. The minimum absolute atomic E-state index is 0.193. The van der Waals surface area contributed by atoms with Crippen LogP contribution in [0, 0.1) is 17.2 Å². The van der Waals surface area contributed by atoms with Crippen LogP contribution >= 0.6 is 0 Å². The normalized spacial score (nSPS) is 24.0. The fourth-order valence-electron chi connectivity index (χ4n) is 2.38. The van der Waals surface area contributed by atoms with E-state index < -0.39 is 0 Å². The van der Waals surface area contributed by atoms with Gasteiger partial charge in [0, 0.05) is 18.7 Å². The highest BCUT2D eigenvalue weighted by Gasteiger charge is 2.21. The van der Waals surface area contributed by atoms with Crippen LogP contribution in [0.2, 0.25) is 0 Å². The second kappa shape index (κ2) is 6.32. The summed E-state index contributed by atoms with van der Waals surface area (Å²) in [6, 6.07) is 9.50. The molecule has 0 aromatic heterocycles. The van der Waals surface area contributed by atoms with Crippen molar-refractivity contribution in [1.82, 2.24) is 0 Å². The summed E-state index contributed by atoms with van der Waals surface area (Å²) in [5.41, 5.74) is 1.59. The maximum Gasteiger partial charge on any atom is 0.0991 e. The third-order valence-electron chi connectivity index (χ3n) is 3.46. The van der Waals surface area contributed by atoms with E-state index in [0.717, 1.165) is 24.8 Å². The predicted molar refractivity (Wildman–Crippen MR) is 71.6 cm³/mol. The first kappa shape index (κ1) is 12.8. The molecule has 2 atom stereocenters. The number of rotatable bonds is 3. The van der Waals surface area contributed by atoms with Gasteiger partial charge in [0.15, 0.2) is 0 Å². The van der Waals surface area contributed by atoms with Crippen molar-refractivity contribution in [3.05, 3.63) is 35.4 Å². The van der Waals surface area contributed by atoms with Crippen LogP contribution in [-0.4, -0.2) is 24.0 Å². The van der Waals surface area contributed by atoms with Crippen molar-refractivity contribution in [3.63, 3.8) is 0 Å². The average Bonchev–Trinajstić information content (AvgIpc) is 2.41. The fourth-order valence-corrected chi connectivity index (χ4v) is 2.38. The zero-order valence-electron chi connectivity index (χ0n) is 10.4.